The van der Waals surface area contributed by atoms with Gasteiger partial charge in [0.15, 0.2) is 13.6 Å². The fourth-order valence-electron chi connectivity index (χ4n) is 4.81. The molecule has 2 aromatic rings. The van der Waals surface area contributed by atoms with Gasteiger partial charge in [0.25, 0.3) is 5.91 Å². The molecule has 2 aliphatic heterocycles. The quantitative estimate of drug-likeness (QED) is 0.464. The zero-order chi connectivity index (χ0) is 25.7. The Kier molecular flexibility index (Phi) is 8.85. The van der Waals surface area contributed by atoms with Crippen LogP contribution in [-0.4, -0.2) is 81.6 Å². The van der Waals surface area contributed by atoms with E-state index in [1.807, 2.05) is 11.0 Å². The fraction of sp³-hybridized carbons (Fsp3) is 0.536. The van der Waals surface area contributed by atoms with Crippen molar-refractivity contribution in [1.29, 1.82) is 0 Å². The topological polar surface area (TPSA) is 63.7 Å². The molecule has 1 saturated heterocycles. The first-order chi connectivity index (χ1) is 17.4. The Morgan fingerprint density at radius 2 is 1.56 bits per heavy atom. The number of benzene rings is 2. The molecule has 0 unspecified atom stereocenters. The Labute approximate surface area is 214 Å². The van der Waals surface area contributed by atoms with Crippen LogP contribution in [0, 0.1) is 0 Å². The highest BCUT2D eigenvalue weighted by Gasteiger charge is 2.28. The summed E-state index contributed by atoms with van der Waals surface area (Å²) >= 11 is 0. The van der Waals surface area contributed by atoms with Crippen LogP contribution in [0.1, 0.15) is 52.4 Å². The van der Waals surface area contributed by atoms with Crippen LogP contribution < -0.4 is 9.47 Å². The van der Waals surface area contributed by atoms with Crippen LogP contribution in [0.4, 0.5) is 0 Å². The maximum absolute atomic E-state index is 13.8. The lowest BCUT2D eigenvalue weighted by Crippen LogP contribution is -2.43. The third kappa shape index (κ3) is 6.18. The maximum atomic E-state index is 13.8. The van der Waals surface area contributed by atoms with E-state index in [1.165, 1.54) is 16.7 Å². The highest BCUT2D eigenvalue weighted by atomic mass is 16.7. The van der Waals surface area contributed by atoms with Gasteiger partial charge in [-0.3, -0.25) is 9.69 Å². The number of hydrogen-bond acceptors (Lipinski definition) is 7. The molecule has 8 heteroatoms. The van der Waals surface area contributed by atoms with Crippen molar-refractivity contribution in [3.8, 4) is 11.5 Å². The van der Waals surface area contributed by atoms with Gasteiger partial charge >= 0.3 is 0 Å². The molecule has 1 fully saturated rings. The number of rotatable bonds is 10. The molecule has 0 atom stereocenters. The minimum Gasteiger partial charge on any atom is -0.467 e. The van der Waals surface area contributed by atoms with E-state index in [1.54, 1.807) is 20.3 Å². The fourth-order valence-corrected chi connectivity index (χ4v) is 4.81. The molecule has 0 saturated carbocycles. The molecule has 4 rings (SSSR count). The Morgan fingerprint density at radius 3 is 2.22 bits per heavy atom. The third-order valence-corrected chi connectivity index (χ3v) is 6.91. The number of ether oxygens (including phenoxy) is 4. The van der Waals surface area contributed by atoms with Gasteiger partial charge in [-0.25, -0.2) is 0 Å². The van der Waals surface area contributed by atoms with Gasteiger partial charge in [-0.2, -0.15) is 0 Å². The van der Waals surface area contributed by atoms with Gasteiger partial charge in [-0.15, -0.1) is 0 Å². The van der Waals surface area contributed by atoms with Crippen molar-refractivity contribution in [3.05, 3.63) is 58.1 Å². The summed E-state index contributed by atoms with van der Waals surface area (Å²) in [5.41, 5.74) is 5.18. The highest BCUT2D eigenvalue weighted by Crippen LogP contribution is 2.36. The van der Waals surface area contributed by atoms with Crippen molar-refractivity contribution in [2.45, 2.75) is 39.4 Å². The number of methoxy groups -OCH3 is 2. The molecule has 0 spiro atoms. The maximum Gasteiger partial charge on any atom is 0.258 e. The SMILES string of the molecule is COCOc1cc(OCOC)c(C(C)C)cc1C(=O)N1Cc2ccc(CN3CCN(C)CC3)cc2C1. The van der Waals surface area contributed by atoms with E-state index in [0.717, 1.165) is 38.3 Å². The normalized spacial score (nSPS) is 16.4. The van der Waals surface area contributed by atoms with E-state index in [2.05, 4.69) is 48.9 Å². The molecule has 8 nitrogen and oxygen atoms in total. The molecule has 0 N–H and O–H groups in total. The predicted molar refractivity (Wildman–Crippen MR) is 138 cm³/mol. The van der Waals surface area contributed by atoms with Crippen molar-refractivity contribution in [1.82, 2.24) is 14.7 Å². The largest absolute Gasteiger partial charge is 0.467 e. The van der Waals surface area contributed by atoms with E-state index in [4.69, 9.17) is 18.9 Å². The first kappa shape index (κ1) is 26.4. The van der Waals surface area contributed by atoms with E-state index in [9.17, 15) is 4.79 Å². The summed E-state index contributed by atoms with van der Waals surface area (Å²) < 4.78 is 21.8. The second kappa shape index (κ2) is 12.1. The van der Waals surface area contributed by atoms with Crippen LogP contribution in [0.3, 0.4) is 0 Å². The Balaban J connectivity index is 1.53. The minimum atomic E-state index is -0.0573. The van der Waals surface area contributed by atoms with Gasteiger partial charge in [0.1, 0.15) is 11.5 Å². The zero-order valence-corrected chi connectivity index (χ0v) is 22.2. The number of carbonyl (C=O) groups excluding carboxylic acids is 1. The summed E-state index contributed by atoms with van der Waals surface area (Å²) in [7, 11) is 5.31. The monoisotopic (exact) mass is 497 g/mol. The highest BCUT2D eigenvalue weighted by molar-refractivity contribution is 5.98. The van der Waals surface area contributed by atoms with Gasteiger partial charge < -0.3 is 28.7 Å². The molecule has 196 valence electrons. The summed E-state index contributed by atoms with van der Waals surface area (Å²) in [4.78, 5) is 20.5. The van der Waals surface area contributed by atoms with Gasteiger partial charge in [0.05, 0.1) is 5.56 Å². The van der Waals surface area contributed by atoms with Crippen molar-refractivity contribution in [2.75, 3.05) is 61.0 Å². The number of amides is 1. The summed E-state index contributed by atoms with van der Waals surface area (Å²) in [6, 6.07) is 10.3. The van der Waals surface area contributed by atoms with Crippen LogP contribution in [0.2, 0.25) is 0 Å². The molecule has 2 heterocycles. The number of piperazine rings is 1. The van der Waals surface area contributed by atoms with Gasteiger partial charge in [-0.05, 0) is 41.3 Å². The van der Waals surface area contributed by atoms with Crippen LogP contribution in [0.25, 0.3) is 0 Å². The summed E-state index contributed by atoms with van der Waals surface area (Å²) in [6.07, 6.45) is 0. The van der Waals surface area contributed by atoms with E-state index in [0.29, 0.717) is 30.2 Å². The zero-order valence-electron chi connectivity index (χ0n) is 22.2. The molecule has 0 aromatic heterocycles. The second-order valence-corrected chi connectivity index (χ2v) is 9.99. The lowest BCUT2D eigenvalue weighted by atomic mass is 9.98. The lowest BCUT2D eigenvalue weighted by Gasteiger charge is -2.32. The summed E-state index contributed by atoms with van der Waals surface area (Å²) in [6.45, 7) is 10.8. The molecule has 2 aliphatic rings. The first-order valence-electron chi connectivity index (χ1n) is 12.6. The number of carbonyl (C=O) groups is 1. The van der Waals surface area contributed by atoms with Crippen molar-refractivity contribution in [2.24, 2.45) is 0 Å². The minimum absolute atomic E-state index is 0.0426. The Morgan fingerprint density at radius 1 is 0.889 bits per heavy atom. The number of hydrogen-bond donors (Lipinski definition) is 0. The van der Waals surface area contributed by atoms with Crippen LogP contribution >= 0.6 is 0 Å². The number of likely N-dealkylation sites (N-methyl/N-ethyl adjacent to an activating group) is 1. The predicted octanol–water partition coefficient (Wildman–Crippen LogP) is 3.68. The number of fused-ring (bicyclic) bond motifs is 1. The van der Waals surface area contributed by atoms with Crippen LogP contribution in [0.5, 0.6) is 11.5 Å². The second-order valence-electron chi connectivity index (χ2n) is 9.99. The molecular weight excluding hydrogens is 458 g/mol. The van der Waals surface area contributed by atoms with Crippen molar-refractivity contribution in [3.63, 3.8) is 0 Å². The summed E-state index contributed by atoms with van der Waals surface area (Å²) in [5, 5.41) is 0. The van der Waals surface area contributed by atoms with Crippen LogP contribution in [-0.2, 0) is 29.1 Å². The Hall–Kier alpha value is -2.65. The standard InChI is InChI=1S/C28H39N3O5/c1-20(2)24-13-25(27(36-19-34-5)14-26(24)35-18-33-4)28(32)31-16-22-7-6-21(12-23(22)17-31)15-30-10-8-29(3)9-11-30/h6-7,12-14,20H,8-11,15-19H2,1-5H3. The van der Waals surface area contributed by atoms with Gasteiger partial charge in [-0.1, -0.05) is 32.0 Å². The number of nitrogens with zero attached hydrogens (tertiary/aromatic N) is 3. The average molecular weight is 498 g/mol. The van der Waals surface area contributed by atoms with Gasteiger partial charge in [0.2, 0.25) is 0 Å². The van der Waals surface area contributed by atoms with Gasteiger partial charge in [0, 0.05) is 66.1 Å². The van der Waals surface area contributed by atoms with E-state index in [-0.39, 0.29) is 25.4 Å². The van der Waals surface area contributed by atoms with Crippen molar-refractivity contribution >= 4 is 5.91 Å². The third-order valence-electron chi connectivity index (χ3n) is 6.91. The van der Waals surface area contributed by atoms with Crippen molar-refractivity contribution < 1.29 is 23.7 Å². The van der Waals surface area contributed by atoms with Crippen LogP contribution in [0.15, 0.2) is 30.3 Å². The lowest BCUT2D eigenvalue weighted by molar-refractivity contribution is 0.0443. The average Bonchev–Trinajstić information content (AvgIpc) is 3.30. The molecule has 0 aliphatic carbocycles. The molecule has 1 amide bonds. The molecule has 0 bridgehead atoms. The smallest absolute Gasteiger partial charge is 0.258 e. The Bertz CT molecular complexity index is 1050. The first-order valence-corrected chi connectivity index (χ1v) is 12.6. The molecule has 2 aromatic carbocycles. The molecule has 0 radical (unpaired) electrons. The molecular formula is C28H39N3O5. The molecule has 36 heavy (non-hydrogen) atoms. The summed E-state index contributed by atoms with van der Waals surface area (Å²) in [5.74, 6) is 1.20. The van der Waals surface area contributed by atoms with E-state index >= 15 is 0 Å². The van der Waals surface area contributed by atoms with E-state index < -0.39 is 0 Å².